The first-order chi connectivity index (χ1) is 12.2. The molecule has 2 heterocycles. The van der Waals surface area contributed by atoms with Crippen molar-refractivity contribution in [1.82, 2.24) is 19.9 Å². The summed E-state index contributed by atoms with van der Waals surface area (Å²) in [5.41, 5.74) is 1.14. The van der Waals surface area contributed by atoms with E-state index in [9.17, 15) is 0 Å². The topological polar surface area (TPSA) is 72.8 Å². The molecule has 0 unspecified atom stereocenters. The zero-order valence-corrected chi connectivity index (χ0v) is 15.0. The van der Waals surface area contributed by atoms with E-state index in [2.05, 4.69) is 37.9 Å². The molecule has 134 valence electrons. The van der Waals surface area contributed by atoms with Crippen molar-refractivity contribution in [2.45, 2.75) is 6.04 Å². The summed E-state index contributed by atoms with van der Waals surface area (Å²) in [6, 6.07) is 8.74. The SMILES string of the molecule is COc1nc(OC)nc(N2CCN(C)[C@@H](c3ccccc3OC)C2)n1. The Bertz CT molecular complexity index is 705. The number of nitrogens with zero attached hydrogens (tertiary/aromatic N) is 5. The van der Waals surface area contributed by atoms with E-state index in [4.69, 9.17) is 14.2 Å². The Morgan fingerprint density at radius 1 is 0.920 bits per heavy atom. The molecule has 0 radical (unpaired) electrons. The molecule has 1 aliphatic heterocycles. The Hall–Kier alpha value is -2.61. The number of benzene rings is 1. The molecule has 1 aromatic carbocycles. The Morgan fingerprint density at radius 2 is 1.60 bits per heavy atom. The van der Waals surface area contributed by atoms with Gasteiger partial charge in [-0.15, -0.1) is 4.98 Å². The Balaban J connectivity index is 1.90. The number of hydrogen-bond donors (Lipinski definition) is 0. The third-order valence-corrected chi connectivity index (χ3v) is 4.38. The van der Waals surface area contributed by atoms with Crippen LogP contribution in [-0.4, -0.2) is 67.9 Å². The summed E-state index contributed by atoms with van der Waals surface area (Å²) >= 11 is 0. The average Bonchev–Trinajstić information content (AvgIpc) is 2.67. The summed E-state index contributed by atoms with van der Waals surface area (Å²) in [6.07, 6.45) is 0. The highest BCUT2D eigenvalue weighted by molar-refractivity contribution is 5.40. The van der Waals surface area contributed by atoms with Crippen molar-refractivity contribution in [2.24, 2.45) is 0 Å². The summed E-state index contributed by atoms with van der Waals surface area (Å²) in [5, 5.41) is 0. The molecule has 8 nitrogen and oxygen atoms in total. The predicted molar refractivity (Wildman–Crippen MR) is 93.5 cm³/mol. The van der Waals surface area contributed by atoms with Crippen molar-refractivity contribution in [3.63, 3.8) is 0 Å². The molecule has 1 aliphatic rings. The molecule has 0 bridgehead atoms. The van der Waals surface area contributed by atoms with E-state index in [1.165, 1.54) is 14.2 Å². The Kier molecular flexibility index (Phi) is 5.18. The van der Waals surface area contributed by atoms with Crippen molar-refractivity contribution < 1.29 is 14.2 Å². The molecule has 25 heavy (non-hydrogen) atoms. The Labute approximate surface area is 147 Å². The van der Waals surface area contributed by atoms with Gasteiger partial charge in [0.15, 0.2) is 0 Å². The van der Waals surface area contributed by atoms with E-state index in [1.807, 2.05) is 18.2 Å². The van der Waals surface area contributed by atoms with Crippen LogP contribution in [0.3, 0.4) is 0 Å². The summed E-state index contributed by atoms with van der Waals surface area (Å²) in [5.74, 6) is 1.43. The summed E-state index contributed by atoms with van der Waals surface area (Å²) < 4.78 is 15.9. The van der Waals surface area contributed by atoms with E-state index in [0.717, 1.165) is 30.9 Å². The van der Waals surface area contributed by atoms with Crippen LogP contribution in [0.15, 0.2) is 24.3 Å². The van der Waals surface area contributed by atoms with Gasteiger partial charge in [-0.05, 0) is 13.1 Å². The van der Waals surface area contributed by atoms with E-state index in [0.29, 0.717) is 5.95 Å². The molecule has 0 spiro atoms. The van der Waals surface area contributed by atoms with Gasteiger partial charge < -0.3 is 19.1 Å². The van der Waals surface area contributed by atoms with Gasteiger partial charge in [0.25, 0.3) is 0 Å². The maximum atomic E-state index is 5.53. The second-order valence-electron chi connectivity index (χ2n) is 5.79. The van der Waals surface area contributed by atoms with E-state index >= 15 is 0 Å². The molecule has 1 atom stereocenters. The summed E-state index contributed by atoms with van der Waals surface area (Å²) in [4.78, 5) is 17.2. The van der Waals surface area contributed by atoms with Crippen LogP contribution in [0.5, 0.6) is 17.8 Å². The van der Waals surface area contributed by atoms with Gasteiger partial charge in [0.05, 0.1) is 27.4 Å². The maximum absolute atomic E-state index is 5.53. The third-order valence-electron chi connectivity index (χ3n) is 4.38. The highest BCUT2D eigenvalue weighted by Gasteiger charge is 2.29. The first-order valence-corrected chi connectivity index (χ1v) is 8.08. The van der Waals surface area contributed by atoms with Crippen LogP contribution in [-0.2, 0) is 0 Å². The first-order valence-electron chi connectivity index (χ1n) is 8.08. The van der Waals surface area contributed by atoms with Crippen LogP contribution in [0.1, 0.15) is 11.6 Å². The number of methoxy groups -OCH3 is 3. The lowest BCUT2D eigenvalue weighted by Gasteiger charge is -2.40. The fourth-order valence-corrected chi connectivity index (χ4v) is 2.98. The second-order valence-corrected chi connectivity index (χ2v) is 5.79. The lowest BCUT2D eigenvalue weighted by molar-refractivity contribution is 0.214. The number of rotatable bonds is 5. The largest absolute Gasteiger partial charge is 0.496 e. The molecule has 1 fully saturated rings. The van der Waals surface area contributed by atoms with E-state index < -0.39 is 0 Å². The zero-order chi connectivity index (χ0) is 17.8. The lowest BCUT2D eigenvalue weighted by atomic mass is 10.0. The van der Waals surface area contributed by atoms with E-state index in [-0.39, 0.29) is 18.1 Å². The highest BCUT2D eigenvalue weighted by atomic mass is 16.5. The second kappa shape index (κ2) is 7.52. The van der Waals surface area contributed by atoms with Crippen LogP contribution >= 0.6 is 0 Å². The van der Waals surface area contributed by atoms with Gasteiger partial charge in [0, 0.05) is 25.2 Å². The van der Waals surface area contributed by atoms with Crippen LogP contribution in [0.2, 0.25) is 0 Å². The van der Waals surface area contributed by atoms with Gasteiger partial charge in [-0.25, -0.2) is 0 Å². The van der Waals surface area contributed by atoms with E-state index in [1.54, 1.807) is 7.11 Å². The normalized spacial score (nSPS) is 18.1. The number of anilines is 1. The predicted octanol–water partition coefficient (Wildman–Crippen LogP) is 1.39. The van der Waals surface area contributed by atoms with Crippen molar-refractivity contribution in [3.8, 4) is 17.8 Å². The number of ether oxygens (including phenoxy) is 3. The van der Waals surface area contributed by atoms with Crippen LogP contribution in [0, 0.1) is 0 Å². The molecule has 1 aromatic heterocycles. The van der Waals surface area contributed by atoms with Gasteiger partial charge in [0.1, 0.15) is 5.75 Å². The van der Waals surface area contributed by atoms with Gasteiger partial charge in [-0.2, -0.15) is 9.97 Å². The fourth-order valence-electron chi connectivity index (χ4n) is 2.98. The number of likely N-dealkylation sites (N-methyl/N-ethyl adjacent to an activating group) is 1. The molecule has 0 N–H and O–H groups in total. The molecule has 8 heteroatoms. The molecule has 0 amide bonds. The monoisotopic (exact) mass is 345 g/mol. The third kappa shape index (κ3) is 3.58. The molecule has 3 rings (SSSR count). The summed E-state index contributed by atoms with van der Waals surface area (Å²) in [6.45, 7) is 2.41. The van der Waals surface area contributed by atoms with Crippen LogP contribution in [0.25, 0.3) is 0 Å². The fraction of sp³-hybridized carbons (Fsp3) is 0.471. The van der Waals surface area contributed by atoms with Gasteiger partial charge in [-0.1, -0.05) is 18.2 Å². The van der Waals surface area contributed by atoms with Crippen molar-refractivity contribution in [2.75, 3.05) is 52.9 Å². The van der Waals surface area contributed by atoms with Crippen molar-refractivity contribution >= 4 is 5.95 Å². The Morgan fingerprint density at radius 3 is 2.24 bits per heavy atom. The zero-order valence-electron chi connectivity index (χ0n) is 15.0. The maximum Gasteiger partial charge on any atom is 0.324 e. The van der Waals surface area contributed by atoms with Gasteiger partial charge in [-0.3, -0.25) is 4.90 Å². The van der Waals surface area contributed by atoms with Gasteiger partial charge in [0.2, 0.25) is 5.95 Å². The molecule has 0 saturated carbocycles. The van der Waals surface area contributed by atoms with Crippen molar-refractivity contribution in [3.05, 3.63) is 29.8 Å². The molecule has 0 aliphatic carbocycles. The molecule has 1 saturated heterocycles. The van der Waals surface area contributed by atoms with Gasteiger partial charge >= 0.3 is 12.0 Å². The molecular formula is C17H23N5O3. The number of aromatic nitrogens is 3. The molecule has 2 aromatic rings. The minimum Gasteiger partial charge on any atom is -0.496 e. The summed E-state index contributed by atoms with van der Waals surface area (Å²) in [7, 11) is 6.87. The highest BCUT2D eigenvalue weighted by Crippen LogP contribution is 2.32. The molecular weight excluding hydrogens is 322 g/mol. The average molecular weight is 345 g/mol. The number of para-hydroxylation sites is 1. The number of hydrogen-bond acceptors (Lipinski definition) is 8. The lowest BCUT2D eigenvalue weighted by Crippen LogP contribution is -2.47. The van der Waals surface area contributed by atoms with Crippen LogP contribution in [0.4, 0.5) is 5.95 Å². The van der Waals surface area contributed by atoms with Crippen LogP contribution < -0.4 is 19.1 Å². The minimum absolute atomic E-state index is 0.165. The van der Waals surface area contributed by atoms with Crippen molar-refractivity contribution in [1.29, 1.82) is 0 Å². The first kappa shape index (κ1) is 17.2. The standard InChI is InChI=1S/C17H23N5O3/c1-21-9-10-22(15-18-16(24-3)20-17(19-15)25-4)11-13(21)12-7-5-6-8-14(12)23-2/h5-8,13H,9-11H2,1-4H3/t13-/m1/s1. The quantitative estimate of drug-likeness (QED) is 0.805. The smallest absolute Gasteiger partial charge is 0.324 e. The minimum atomic E-state index is 0.165. The number of piperazine rings is 1.